The molecular weight excluding hydrogens is 200 g/mol. The summed E-state index contributed by atoms with van der Waals surface area (Å²) in [6.07, 6.45) is 4.47. The van der Waals surface area contributed by atoms with Crippen LogP contribution in [0.4, 0.5) is 0 Å². The summed E-state index contributed by atoms with van der Waals surface area (Å²) in [7, 11) is 0. The molecule has 1 atom stereocenters. The maximum absolute atomic E-state index is 6.42. The Morgan fingerprint density at radius 1 is 1.44 bits per heavy atom. The average Bonchev–Trinajstić information content (AvgIpc) is 2.66. The summed E-state index contributed by atoms with van der Waals surface area (Å²) in [5.41, 5.74) is 6.25. The molecule has 1 rings (SSSR count). The molecule has 4 heteroatoms. The molecule has 4 nitrogen and oxygen atoms in total. The van der Waals surface area contributed by atoms with E-state index in [4.69, 9.17) is 5.73 Å². The monoisotopic (exact) mass is 224 g/mol. The second kappa shape index (κ2) is 5.43. The number of hydrogen-bond donors (Lipinski definition) is 1. The lowest BCUT2D eigenvalue weighted by atomic mass is 9.82. The molecule has 0 amide bonds. The lowest BCUT2D eigenvalue weighted by Gasteiger charge is -2.32. The van der Waals surface area contributed by atoms with Gasteiger partial charge in [-0.2, -0.15) is 5.10 Å². The fourth-order valence-corrected chi connectivity index (χ4v) is 1.86. The SMILES string of the molecule is CCCn1ncnc1CC(N)(CC)C(C)C. The number of nitrogens with zero attached hydrogens (tertiary/aromatic N) is 3. The third-order valence-corrected chi connectivity index (χ3v) is 3.43. The van der Waals surface area contributed by atoms with Crippen LogP contribution in [0.5, 0.6) is 0 Å². The number of aryl methyl sites for hydroxylation is 1. The molecule has 0 fully saturated rings. The van der Waals surface area contributed by atoms with E-state index in [0.717, 1.165) is 31.6 Å². The minimum absolute atomic E-state index is 0.168. The van der Waals surface area contributed by atoms with Crippen molar-refractivity contribution in [2.45, 2.75) is 59.0 Å². The topological polar surface area (TPSA) is 56.7 Å². The van der Waals surface area contributed by atoms with Crippen molar-refractivity contribution in [1.82, 2.24) is 14.8 Å². The standard InChI is InChI=1S/C12H24N4/c1-5-7-16-11(14-9-15-16)8-12(13,6-2)10(3)4/h9-10H,5-8,13H2,1-4H3. The second-order valence-electron chi connectivity index (χ2n) is 4.82. The summed E-state index contributed by atoms with van der Waals surface area (Å²) in [6, 6.07) is 0. The minimum Gasteiger partial charge on any atom is -0.324 e. The van der Waals surface area contributed by atoms with Gasteiger partial charge in [0.2, 0.25) is 0 Å². The van der Waals surface area contributed by atoms with E-state index in [-0.39, 0.29) is 5.54 Å². The molecule has 0 aliphatic rings. The summed E-state index contributed by atoms with van der Waals surface area (Å²) in [5, 5.41) is 4.23. The molecule has 92 valence electrons. The quantitative estimate of drug-likeness (QED) is 0.804. The molecule has 0 radical (unpaired) electrons. The summed E-state index contributed by atoms with van der Waals surface area (Å²) in [5.74, 6) is 1.46. The number of hydrogen-bond acceptors (Lipinski definition) is 3. The van der Waals surface area contributed by atoms with Crippen LogP contribution in [0.3, 0.4) is 0 Å². The van der Waals surface area contributed by atoms with E-state index in [1.54, 1.807) is 6.33 Å². The van der Waals surface area contributed by atoms with Gasteiger partial charge in [-0.25, -0.2) is 4.98 Å². The molecule has 16 heavy (non-hydrogen) atoms. The van der Waals surface area contributed by atoms with Crippen LogP contribution >= 0.6 is 0 Å². The first-order valence-electron chi connectivity index (χ1n) is 6.19. The lowest BCUT2D eigenvalue weighted by Crippen LogP contribution is -2.47. The molecular formula is C12H24N4. The zero-order valence-electron chi connectivity index (χ0n) is 10.9. The normalized spacial score (nSPS) is 15.4. The van der Waals surface area contributed by atoms with Crippen molar-refractivity contribution in [3.05, 3.63) is 12.2 Å². The maximum Gasteiger partial charge on any atom is 0.138 e. The predicted molar refractivity (Wildman–Crippen MR) is 66.1 cm³/mol. The van der Waals surface area contributed by atoms with Gasteiger partial charge in [-0.3, -0.25) is 4.68 Å². The zero-order valence-corrected chi connectivity index (χ0v) is 10.9. The maximum atomic E-state index is 6.42. The number of aromatic nitrogens is 3. The van der Waals surface area contributed by atoms with Crippen LogP contribution in [0, 0.1) is 5.92 Å². The molecule has 0 bridgehead atoms. The minimum atomic E-state index is -0.168. The van der Waals surface area contributed by atoms with Gasteiger partial charge >= 0.3 is 0 Å². The van der Waals surface area contributed by atoms with Gasteiger partial charge in [0, 0.05) is 18.5 Å². The summed E-state index contributed by atoms with van der Waals surface area (Å²) in [4.78, 5) is 4.32. The van der Waals surface area contributed by atoms with Crippen LogP contribution in [-0.2, 0) is 13.0 Å². The van der Waals surface area contributed by atoms with E-state index >= 15 is 0 Å². The summed E-state index contributed by atoms with van der Waals surface area (Å²) >= 11 is 0. The molecule has 1 aromatic heterocycles. The van der Waals surface area contributed by atoms with Crippen LogP contribution in [0.2, 0.25) is 0 Å². The molecule has 1 unspecified atom stereocenters. The first-order valence-corrected chi connectivity index (χ1v) is 6.19. The Morgan fingerprint density at radius 3 is 2.62 bits per heavy atom. The van der Waals surface area contributed by atoms with E-state index < -0.39 is 0 Å². The van der Waals surface area contributed by atoms with Crippen molar-refractivity contribution in [3.63, 3.8) is 0 Å². The van der Waals surface area contributed by atoms with Crippen molar-refractivity contribution in [2.75, 3.05) is 0 Å². The van der Waals surface area contributed by atoms with E-state index in [0.29, 0.717) is 5.92 Å². The third kappa shape index (κ3) is 2.82. The van der Waals surface area contributed by atoms with Gasteiger partial charge in [-0.15, -0.1) is 0 Å². The highest BCUT2D eigenvalue weighted by atomic mass is 15.3. The first-order chi connectivity index (χ1) is 7.53. The van der Waals surface area contributed by atoms with Gasteiger partial charge < -0.3 is 5.73 Å². The van der Waals surface area contributed by atoms with Gasteiger partial charge in [0.1, 0.15) is 12.2 Å². The number of rotatable bonds is 6. The predicted octanol–water partition coefficient (Wildman–Crippen LogP) is 1.99. The van der Waals surface area contributed by atoms with E-state index in [9.17, 15) is 0 Å². The molecule has 0 aliphatic carbocycles. The van der Waals surface area contributed by atoms with Gasteiger partial charge in [-0.05, 0) is 18.8 Å². The number of nitrogens with two attached hydrogens (primary N) is 1. The van der Waals surface area contributed by atoms with Crippen LogP contribution in [0.1, 0.15) is 46.4 Å². The summed E-state index contributed by atoms with van der Waals surface area (Å²) in [6.45, 7) is 9.55. The second-order valence-corrected chi connectivity index (χ2v) is 4.82. The first kappa shape index (κ1) is 13.2. The van der Waals surface area contributed by atoms with E-state index in [1.165, 1.54) is 0 Å². The lowest BCUT2D eigenvalue weighted by molar-refractivity contribution is 0.286. The summed E-state index contributed by atoms with van der Waals surface area (Å²) < 4.78 is 1.97. The highest BCUT2D eigenvalue weighted by Gasteiger charge is 2.29. The van der Waals surface area contributed by atoms with Crippen LogP contribution in [0.25, 0.3) is 0 Å². The molecule has 0 saturated carbocycles. The fourth-order valence-electron chi connectivity index (χ4n) is 1.86. The van der Waals surface area contributed by atoms with Crippen LogP contribution < -0.4 is 5.73 Å². The van der Waals surface area contributed by atoms with Crippen molar-refractivity contribution in [1.29, 1.82) is 0 Å². The molecule has 2 N–H and O–H groups in total. The van der Waals surface area contributed by atoms with Crippen molar-refractivity contribution in [3.8, 4) is 0 Å². The molecule has 0 spiro atoms. The molecule has 1 heterocycles. The van der Waals surface area contributed by atoms with Gasteiger partial charge in [0.15, 0.2) is 0 Å². The van der Waals surface area contributed by atoms with E-state index in [2.05, 4.69) is 37.8 Å². The van der Waals surface area contributed by atoms with Crippen LogP contribution in [-0.4, -0.2) is 20.3 Å². The van der Waals surface area contributed by atoms with Crippen molar-refractivity contribution < 1.29 is 0 Å². The van der Waals surface area contributed by atoms with Crippen molar-refractivity contribution in [2.24, 2.45) is 11.7 Å². The Balaban J connectivity index is 2.81. The third-order valence-electron chi connectivity index (χ3n) is 3.43. The highest BCUT2D eigenvalue weighted by molar-refractivity contribution is 4.98. The Bertz CT molecular complexity index is 319. The smallest absolute Gasteiger partial charge is 0.138 e. The van der Waals surface area contributed by atoms with E-state index in [1.807, 2.05) is 4.68 Å². The Kier molecular flexibility index (Phi) is 4.47. The van der Waals surface area contributed by atoms with Gasteiger partial charge in [-0.1, -0.05) is 27.7 Å². The fraction of sp³-hybridized carbons (Fsp3) is 0.833. The Labute approximate surface area is 98.2 Å². The highest BCUT2D eigenvalue weighted by Crippen LogP contribution is 2.22. The Hall–Kier alpha value is -0.900. The van der Waals surface area contributed by atoms with Gasteiger partial charge in [0.05, 0.1) is 0 Å². The van der Waals surface area contributed by atoms with Crippen molar-refractivity contribution >= 4 is 0 Å². The van der Waals surface area contributed by atoms with Gasteiger partial charge in [0.25, 0.3) is 0 Å². The molecule has 1 aromatic rings. The molecule has 0 saturated heterocycles. The van der Waals surface area contributed by atoms with Crippen LogP contribution in [0.15, 0.2) is 6.33 Å². The zero-order chi connectivity index (χ0) is 12.2. The molecule has 0 aliphatic heterocycles. The largest absolute Gasteiger partial charge is 0.324 e. The average molecular weight is 224 g/mol. The molecule has 0 aromatic carbocycles. The Morgan fingerprint density at radius 2 is 2.12 bits per heavy atom.